The van der Waals surface area contributed by atoms with Gasteiger partial charge in [0.15, 0.2) is 0 Å². The van der Waals surface area contributed by atoms with Crippen molar-refractivity contribution >= 4 is 37.8 Å². The van der Waals surface area contributed by atoms with Crippen LogP contribution in [0.3, 0.4) is 0 Å². The largest absolute Gasteiger partial charge is 0.488 e. The van der Waals surface area contributed by atoms with Gasteiger partial charge in [-0.25, -0.2) is 4.79 Å². The lowest BCUT2D eigenvalue weighted by atomic mass is 10.1. The lowest BCUT2D eigenvalue weighted by Crippen LogP contribution is -2.02. The molecule has 20 heavy (non-hydrogen) atoms. The number of hydrogen-bond donors (Lipinski definition) is 1. The van der Waals surface area contributed by atoms with Crippen LogP contribution in [0.15, 0.2) is 45.3 Å². The van der Waals surface area contributed by atoms with Gasteiger partial charge in [-0.15, -0.1) is 0 Å². The molecule has 2 aromatic rings. The number of carboxylic acids is 1. The maximum absolute atomic E-state index is 10.9. The van der Waals surface area contributed by atoms with E-state index in [1.54, 1.807) is 18.2 Å². The zero-order chi connectivity index (χ0) is 14.7. The van der Waals surface area contributed by atoms with Gasteiger partial charge in [0.2, 0.25) is 0 Å². The first-order chi connectivity index (χ1) is 9.47. The minimum Gasteiger partial charge on any atom is -0.488 e. The molecule has 0 heterocycles. The molecule has 2 aromatic carbocycles. The molecule has 0 radical (unpaired) electrons. The summed E-state index contributed by atoms with van der Waals surface area (Å²) in [6.45, 7) is 2.27. The van der Waals surface area contributed by atoms with E-state index in [0.29, 0.717) is 6.61 Å². The topological polar surface area (TPSA) is 46.5 Å². The number of hydrogen-bond acceptors (Lipinski definition) is 2. The second kappa shape index (κ2) is 6.41. The summed E-state index contributed by atoms with van der Waals surface area (Å²) in [4.78, 5) is 10.9. The highest BCUT2D eigenvalue weighted by atomic mass is 79.9. The fourth-order valence-corrected chi connectivity index (χ4v) is 2.90. The summed E-state index contributed by atoms with van der Waals surface area (Å²) in [5.41, 5.74) is 2.15. The lowest BCUT2D eigenvalue weighted by Gasteiger charge is -2.11. The molecule has 2 rings (SSSR count). The van der Waals surface area contributed by atoms with Crippen LogP contribution in [-0.4, -0.2) is 11.1 Å². The van der Waals surface area contributed by atoms with Gasteiger partial charge in [-0.2, -0.15) is 0 Å². The molecule has 0 spiro atoms. The van der Waals surface area contributed by atoms with Crippen molar-refractivity contribution in [2.45, 2.75) is 13.5 Å². The summed E-state index contributed by atoms with van der Waals surface area (Å²) < 4.78 is 7.58. The van der Waals surface area contributed by atoms with E-state index in [2.05, 4.69) is 31.9 Å². The lowest BCUT2D eigenvalue weighted by molar-refractivity contribution is 0.0696. The molecule has 5 heteroatoms. The van der Waals surface area contributed by atoms with Crippen LogP contribution in [0.4, 0.5) is 0 Å². The average molecular weight is 400 g/mol. The zero-order valence-electron chi connectivity index (χ0n) is 10.7. The van der Waals surface area contributed by atoms with E-state index in [9.17, 15) is 4.79 Å². The Kier molecular flexibility index (Phi) is 4.83. The predicted molar refractivity (Wildman–Crippen MR) is 84.3 cm³/mol. The summed E-state index contributed by atoms with van der Waals surface area (Å²) in [6.07, 6.45) is 0. The number of aromatic carboxylic acids is 1. The highest BCUT2D eigenvalue weighted by molar-refractivity contribution is 9.11. The summed E-state index contributed by atoms with van der Waals surface area (Å²) in [5.74, 6) is -0.175. The molecule has 0 unspecified atom stereocenters. The summed E-state index contributed by atoms with van der Waals surface area (Å²) in [5, 5.41) is 8.93. The number of rotatable bonds is 4. The van der Waals surface area contributed by atoms with Crippen LogP contribution in [0, 0.1) is 6.92 Å². The van der Waals surface area contributed by atoms with E-state index in [0.717, 1.165) is 25.8 Å². The second-order valence-electron chi connectivity index (χ2n) is 4.31. The zero-order valence-corrected chi connectivity index (χ0v) is 13.9. The van der Waals surface area contributed by atoms with Gasteiger partial charge >= 0.3 is 5.97 Å². The smallest absolute Gasteiger partial charge is 0.335 e. The van der Waals surface area contributed by atoms with Crippen LogP contribution < -0.4 is 4.74 Å². The van der Waals surface area contributed by atoms with Crippen molar-refractivity contribution in [2.75, 3.05) is 0 Å². The normalized spacial score (nSPS) is 10.3. The predicted octanol–water partition coefficient (Wildman–Crippen LogP) is 4.80. The van der Waals surface area contributed by atoms with E-state index in [-0.39, 0.29) is 5.56 Å². The number of carbonyl (C=O) groups is 1. The Balaban J connectivity index is 2.13. The van der Waals surface area contributed by atoms with Crippen molar-refractivity contribution < 1.29 is 14.6 Å². The Hall–Kier alpha value is -1.33. The molecule has 0 aromatic heterocycles. The number of aryl methyl sites for hydroxylation is 1. The molecule has 0 amide bonds. The van der Waals surface area contributed by atoms with Gasteiger partial charge in [0.05, 0.1) is 10.0 Å². The van der Waals surface area contributed by atoms with Gasteiger partial charge in [0.25, 0.3) is 0 Å². The third-order valence-electron chi connectivity index (χ3n) is 2.87. The molecule has 0 saturated carbocycles. The highest BCUT2D eigenvalue weighted by Crippen LogP contribution is 2.29. The van der Waals surface area contributed by atoms with Crippen LogP contribution in [0.2, 0.25) is 0 Å². The van der Waals surface area contributed by atoms with E-state index >= 15 is 0 Å². The van der Waals surface area contributed by atoms with Gasteiger partial charge in [-0.1, -0.05) is 22.0 Å². The Morgan fingerprint density at radius 1 is 1.20 bits per heavy atom. The molecular formula is C15H12Br2O3. The van der Waals surface area contributed by atoms with E-state index < -0.39 is 5.97 Å². The quantitative estimate of drug-likeness (QED) is 0.803. The van der Waals surface area contributed by atoms with E-state index in [4.69, 9.17) is 9.84 Å². The molecule has 0 atom stereocenters. The molecule has 0 aliphatic heterocycles. The first-order valence-corrected chi connectivity index (χ1v) is 7.46. The summed E-state index contributed by atoms with van der Waals surface area (Å²) in [6, 6.07) is 10.7. The molecule has 0 fully saturated rings. The molecule has 0 aliphatic rings. The Bertz CT molecular complexity index is 654. The second-order valence-corrected chi connectivity index (χ2v) is 6.08. The standard InChI is InChI=1S/C15H12Br2O3/c1-9-6-10(15(18)19)2-3-11(9)8-20-14-5-4-12(16)7-13(14)17/h2-7H,8H2,1H3,(H,18,19). The third-order valence-corrected chi connectivity index (χ3v) is 3.98. The van der Waals surface area contributed by atoms with Crippen LogP contribution in [0.25, 0.3) is 0 Å². The fourth-order valence-electron chi connectivity index (χ4n) is 1.74. The van der Waals surface area contributed by atoms with Gasteiger partial charge in [0, 0.05) is 4.47 Å². The highest BCUT2D eigenvalue weighted by Gasteiger charge is 2.07. The van der Waals surface area contributed by atoms with E-state index in [1.807, 2.05) is 25.1 Å². The number of halogens is 2. The Labute approximate surface area is 133 Å². The molecular weight excluding hydrogens is 388 g/mol. The number of carboxylic acid groups (broad SMARTS) is 1. The van der Waals surface area contributed by atoms with Crippen molar-refractivity contribution in [1.82, 2.24) is 0 Å². The SMILES string of the molecule is Cc1cc(C(=O)O)ccc1COc1ccc(Br)cc1Br. The summed E-state index contributed by atoms with van der Waals surface area (Å²) in [7, 11) is 0. The number of benzene rings is 2. The monoisotopic (exact) mass is 398 g/mol. The minimum atomic E-state index is -0.920. The molecule has 104 valence electrons. The third kappa shape index (κ3) is 3.61. The Morgan fingerprint density at radius 3 is 2.55 bits per heavy atom. The average Bonchev–Trinajstić information content (AvgIpc) is 2.38. The van der Waals surface area contributed by atoms with Crippen LogP contribution in [0.5, 0.6) is 5.75 Å². The van der Waals surface area contributed by atoms with Crippen molar-refractivity contribution in [3.8, 4) is 5.75 Å². The van der Waals surface area contributed by atoms with Gasteiger partial charge in [-0.05, 0) is 64.3 Å². The fraction of sp³-hybridized carbons (Fsp3) is 0.133. The molecule has 0 aliphatic carbocycles. The molecule has 0 saturated heterocycles. The van der Waals surface area contributed by atoms with Crippen LogP contribution >= 0.6 is 31.9 Å². The van der Waals surface area contributed by atoms with Crippen LogP contribution in [-0.2, 0) is 6.61 Å². The number of ether oxygens (including phenoxy) is 1. The molecule has 3 nitrogen and oxygen atoms in total. The maximum Gasteiger partial charge on any atom is 0.335 e. The molecule has 1 N–H and O–H groups in total. The minimum absolute atomic E-state index is 0.288. The van der Waals surface area contributed by atoms with Crippen LogP contribution in [0.1, 0.15) is 21.5 Å². The Morgan fingerprint density at radius 2 is 1.95 bits per heavy atom. The van der Waals surface area contributed by atoms with Gasteiger partial charge in [-0.3, -0.25) is 0 Å². The van der Waals surface area contributed by atoms with Crippen molar-refractivity contribution in [2.24, 2.45) is 0 Å². The van der Waals surface area contributed by atoms with E-state index in [1.165, 1.54) is 0 Å². The summed E-state index contributed by atoms with van der Waals surface area (Å²) >= 11 is 6.82. The first kappa shape index (κ1) is 15.1. The molecule has 0 bridgehead atoms. The van der Waals surface area contributed by atoms with Crippen molar-refractivity contribution in [1.29, 1.82) is 0 Å². The van der Waals surface area contributed by atoms with Gasteiger partial charge in [0.1, 0.15) is 12.4 Å². The van der Waals surface area contributed by atoms with Crippen molar-refractivity contribution in [3.63, 3.8) is 0 Å². The van der Waals surface area contributed by atoms with Crippen molar-refractivity contribution in [3.05, 3.63) is 62.0 Å². The van der Waals surface area contributed by atoms with Gasteiger partial charge < -0.3 is 9.84 Å². The maximum atomic E-state index is 10.9. The first-order valence-electron chi connectivity index (χ1n) is 5.88.